The van der Waals surface area contributed by atoms with Crippen LogP contribution in [0.4, 0.5) is 10.5 Å². The first-order valence-electron chi connectivity index (χ1n) is 17.0. The molecule has 3 N–H and O–H groups in total. The number of hydrogen-bond acceptors (Lipinski definition) is 10. The van der Waals surface area contributed by atoms with E-state index in [-0.39, 0.29) is 49.2 Å². The number of ether oxygens (including phenoxy) is 1. The molecule has 0 spiro atoms. The van der Waals surface area contributed by atoms with Gasteiger partial charge in [-0.15, -0.1) is 5.10 Å². The molecule has 6 rings (SSSR count). The Morgan fingerprint density at radius 3 is 2.33 bits per heavy atom. The molecule has 15 nitrogen and oxygen atoms in total. The summed E-state index contributed by atoms with van der Waals surface area (Å²) in [6, 6.07) is 21.6. The monoisotopic (exact) mass is 725 g/mol. The zero-order valence-electron chi connectivity index (χ0n) is 28.7. The van der Waals surface area contributed by atoms with Gasteiger partial charge in [0.15, 0.2) is 5.78 Å². The molecule has 0 aliphatic carbocycles. The quantitative estimate of drug-likeness (QED) is 0.181. The average Bonchev–Trinajstić information content (AvgIpc) is 3.59. The summed E-state index contributed by atoms with van der Waals surface area (Å²) in [7, 11) is 0. The average molecular weight is 726 g/mol. The standard InChI is InChI=1S/C36H39N9O6S/c1-23(2)32(30(46)22-52-36-40-41-42-44(36)25-10-5-3-6-11-25)39-33(48)29-14-9-21-43-31(47)20-19-28(34(49)45(29)43)38-35(50)37-24-15-17-27(18-16-24)51-26-12-7-4-8-13-26/h3-8,10-13,15-18,23,28-29,32H,9,14,19-22H2,1-2H3,(H,39,48)(H2,37,38,50)/t28?,29-,32-/m0/s1. The van der Waals surface area contributed by atoms with Gasteiger partial charge >= 0.3 is 6.03 Å². The number of rotatable bonds is 12. The highest BCUT2D eigenvalue weighted by atomic mass is 32.2. The summed E-state index contributed by atoms with van der Waals surface area (Å²) in [6.07, 6.45) is 0.814. The van der Waals surface area contributed by atoms with Gasteiger partial charge in [0.2, 0.25) is 17.0 Å². The number of tetrazole rings is 1. The number of thioether (sulfide) groups is 1. The van der Waals surface area contributed by atoms with E-state index < -0.39 is 36.0 Å². The van der Waals surface area contributed by atoms with E-state index in [0.717, 1.165) is 17.4 Å². The zero-order chi connectivity index (χ0) is 36.6. The minimum Gasteiger partial charge on any atom is -0.457 e. The number of Topliss-reactive ketones (excluding diaryl/α,β-unsaturated/α-hetero) is 1. The highest BCUT2D eigenvalue weighted by Crippen LogP contribution is 2.27. The van der Waals surface area contributed by atoms with E-state index in [4.69, 9.17) is 4.74 Å². The van der Waals surface area contributed by atoms with Crippen LogP contribution < -0.4 is 20.7 Å². The Hall–Kier alpha value is -5.77. The Bertz CT molecular complexity index is 1890. The molecule has 0 bridgehead atoms. The van der Waals surface area contributed by atoms with Gasteiger partial charge in [0.25, 0.3) is 5.91 Å². The maximum Gasteiger partial charge on any atom is 0.319 e. The van der Waals surface area contributed by atoms with E-state index in [0.29, 0.717) is 28.8 Å². The predicted molar refractivity (Wildman–Crippen MR) is 191 cm³/mol. The molecule has 0 radical (unpaired) electrons. The van der Waals surface area contributed by atoms with E-state index in [2.05, 4.69) is 31.5 Å². The summed E-state index contributed by atoms with van der Waals surface area (Å²) < 4.78 is 7.33. The highest BCUT2D eigenvalue weighted by molar-refractivity contribution is 7.99. The normalized spacial score (nSPS) is 17.9. The lowest BCUT2D eigenvalue weighted by Gasteiger charge is -2.43. The van der Waals surface area contributed by atoms with Crippen LogP contribution in [0.5, 0.6) is 11.5 Å². The molecule has 3 atom stereocenters. The summed E-state index contributed by atoms with van der Waals surface area (Å²) in [5, 5.41) is 23.0. The van der Waals surface area contributed by atoms with Crippen molar-refractivity contribution in [3.63, 3.8) is 0 Å². The van der Waals surface area contributed by atoms with Crippen LogP contribution in [0.15, 0.2) is 90.1 Å². The number of nitrogens with one attached hydrogen (secondary N) is 3. The molecular formula is C36H39N9O6S. The molecule has 5 amide bonds. The molecule has 2 fully saturated rings. The van der Waals surface area contributed by atoms with E-state index in [1.165, 1.54) is 14.7 Å². The molecule has 3 heterocycles. The molecule has 4 aromatic rings. The summed E-state index contributed by atoms with van der Waals surface area (Å²) >= 11 is 1.15. The molecular weight excluding hydrogens is 687 g/mol. The predicted octanol–water partition coefficient (Wildman–Crippen LogP) is 3.98. The number of amides is 5. The highest BCUT2D eigenvalue weighted by Gasteiger charge is 2.45. The van der Waals surface area contributed by atoms with Gasteiger partial charge in [-0.05, 0) is 84.1 Å². The Morgan fingerprint density at radius 1 is 0.923 bits per heavy atom. The fourth-order valence-electron chi connectivity index (χ4n) is 6.06. The maximum atomic E-state index is 14.0. The zero-order valence-corrected chi connectivity index (χ0v) is 29.5. The van der Waals surface area contributed by atoms with Crippen molar-refractivity contribution < 1.29 is 28.7 Å². The van der Waals surface area contributed by atoms with Gasteiger partial charge in [0, 0.05) is 18.7 Å². The van der Waals surface area contributed by atoms with Gasteiger partial charge in [0.05, 0.1) is 17.5 Å². The topological polar surface area (TPSA) is 181 Å². The number of aromatic nitrogens is 4. The number of benzene rings is 3. The molecule has 52 heavy (non-hydrogen) atoms. The van der Waals surface area contributed by atoms with Crippen molar-refractivity contribution in [2.45, 2.75) is 62.8 Å². The van der Waals surface area contributed by atoms with Crippen LogP contribution in [0.1, 0.15) is 39.5 Å². The first-order valence-corrected chi connectivity index (χ1v) is 18.0. The van der Waals surface area contributed by atoms with Gasteiger partial charge in [-0.2, -0.15) is 4.68 Å². The fraction of sp³-hybridized carbons (Fsp3) is 0.333. The lowest BCUT2D eigenvalue weighted by atomic mass is 9.99. The van der Waals surface area contributed by atoms with Crippen LogP contribution in [-0.4, -0.2) is 90.2 Å². The van der Waals surface area contributed by atoms with Gasteiger partial charge in [-0.25, -0.2) is 9.80 Å². The smallest absolute Gasteiger partial charge is 0.319 e. The number of anilines is 1. The number of para-hydroxylation sites is 2. The SMILES string of the molecule is CC(C)[C@H](NC(=O)[C@@H]1CCCN2C(=O)CCC(NC(=O)Nc3ccc(Oc4ccccc4)cc3)C(=O)N12)C(=O)CSc1nnnn1-c1ccccc1. The Morgan fingerprint density at radius 2 is 1.62 bits per heavy atom. The second kappa shape index (κ2) is 16.5. The van der Waals surface area contributed by atoms with Crippen molar-refractivity contribution in [1.29, 1.82) is 0 Å². The van der Waals surface area contributed by atoms with Crippen LogP contribution in [0.25, 0.3) is 5.69 Å². The van der Waals surface area contributed by atoms with Crippen LogP contribution in [-0.2, 0) is 19.2 Å². The Kier molecular flexibility index (Phi) is 11.4. The van der Waals surface area contributed by atoms with Gasteiger partial charge < -0.3 is 20.7 Å². The molecule has 0 saturated carbocycles. The molecule has 2 saturated heterocycles. The maximum absolute atomic E-state index is 14.0. The van der Waals surface area contributed by atoms with Gasteiger partial charge in [-0.1, -0.05) is 62.0 Å². The number of hydrogen-bond donors (Lipinski definition) is 3. The fourth-order valence-corrected chi connectivity index (χ4v) is 6.87. The molecule has 2 aliphatic rings. The number of hydrazine groups is 1. The van der Waals surface area contributed by atoms with Crippen molar-refractivity contribution in [2.75, 3.05) is 17.6 Å². The second-order valence-electron chi connectivity index (χ2n) is 12.7. The largest absolute Gasteiger partial charge is 0.457 e. The third kappa shape index (κ3) is 8.57. The van der Waals surface area contributed by atoms with Gasteiger partial charge in [0.1, 0.15) is 23.6 Å². The van der Waals surface area contributed by atoms with Crippen molar-refractivity contribution in [1.82, 2.24) is 40.9 Å². The summed E-state index contributed by atoms with van der Waals surface area (Å²) in [6.45, 7) is 3.89. The molecule has 16 heteroatoms. The van der Waals surface area contributed by atoms with Crippen molar-refractivity contribution in [3.05, 3.63) is 84.9 Å². The number of carbonyl (C=O) groups excluding carboxylic acids is 5. The minimum atomic E-state index is -1.07. The van der Waals surface area contributed by atoms with E-state index >= 15 is 0 Å². The number of ketones is 1. The van der Waals surface area contributed by atoms with E-state index in [9.17, 15) is 24.0 Å². The lowest BCUT2D eigenvalue weighted by molar-refractivity contribution is -0.176. The van der Waals surface area contributed by atoms with Crippen molar-refractivity contribution in [3.8, 4) is 17.2 Å². The molecule has 3 aromatic carbocycles. The van der Waals surface area contributed by atoms with Crippen molar-refractivity contribution in [2.24, 2.45) is 5.92 Å². The molecule has 2 aliphatic heterocycles. The Balaban J connectivity index is 1.09. The number of urea groups is 1. The van der Waals surface area contributed by atoms with Crippen LogP contribution >= 0.6 is 11.8 Å². The number of nitrogens with zero attached hydrogens (tertiary/aromatic N) is 6. The molecule has 270 valence electrons. The molecule has 1 unspecified atom stereocenters. The van der Waals surface area contributed by atoms with Crippen LogP contribution in [0, 0.1) is 5.92 Å². The van der Waals surface area contributed by atoms with Crippen LogP contribution in [0.2, 0.25) is 0 Å². The number of fused-ring (bicyclic) bond motifs is 1. The van der Waals surface area contributed by atoms with E-state index in [1.807, 2.05) is 74.5 Å². The number of carbonyl (C=O) groups is 5. The third-order valence-electron chi connectivity index (χ3n) is 8.66. The Labute approximate surface area is 304 Å². The third-order valence-corrected chi connectivity index (χ3v) is 9.60. The molecule has 1 aromatic heterocycles. The van der Waals surface area contributed by atoms with Crippen LogP contribution in [0.3, 0.4) is 0 Å². The summed E-state index contributed by atoms with van der Waals surface area (Å²) in [5.41, 5.74) is 1.20. The summed E-state index contributed by atoms with van der Waals surface area (Å²) in [5.74, 6) is -0.757. The minimum absolute atomic E-state index is 0.000166. The first-order chi connectivity index (χ1) is 25.2. The van der Waals surface area contributed by atoms with Crippen molar-refractivity contribution >= 4 is 47.0 Å². The summed E-state index contributed by atoms with van der Waals surface area (Å²) in [4.78, 5) is 67.6. The lowest BCUT2D eigenvalue weighted by Crippen LogP contribution is -2.65. The second-order valence-corrected chi connectivity index (χ2v) is 13.6. The van der Waals surface area contributed by atoms with Gasteiger partial charge in [-0.3, -0.25) is 24.2 Å². The van der Waals surface area contributed by atoms with E-state index in [1.54, 1.807) is 24.3 Å². The first kappa shape index (κ1) is 36.0.